The largest absolute Gasteiger partial charge is 0.383 e. The highest BCUT2D eigenvalue weighted by atomic mass is 32.1. The molecule has 1 amide bonds. The standard InChI is InChI=1S/C15H23N3O2S/c1-3-9-18(14(19)11-16-8-10-20-2)15-17-12-6-4-5-7-13(12)21-15/h3,16H,1,4-11H2,2H3. The molecule has 1 aromatic rings. The van der Waals surface area contributed by atoms with Gasteiger partial charge in [-0.3, -0.25) is 9.69 Å². The summed E-state index contributed by atoms with van der Waals surface area (Å²) in [6.45, 7) is 5.80. The predicted molar refractivity (Wildman–Crippen MR) is 86.1 cm³/mol. The quantitative estimate of drug-likeness (QED) is 0.587. The molecular formula is C15H23N3O2S. The van der Waals surface area contributed by atoms with Gasteiger partial charge in [-0.2, -0.15) is 0 Å². The molecule has 6 heteroatoms. The van der Waals surface area contributed by atoms with Crippen molar-refractivity contribution in [2.75, 3.05) is 38.3 Å². The van der Waals surface area contributed by atoms with Crippen molar-refractivity contribution in [2.24, 2.45) is 0 Å². The molecule has 0 atom stereocenters. The Morgan fingerprint density at radius 2 is 2.33 bits per heavy atom. The Labute approximate surface area is 130 Å². The molecule has 1 aromatic heterocycles. The first-order valence-corrected chi connectivity index (χ1v) is 8.17. The molecule has 0 bridgehead atoms. The van der Waals surface area contributed by atoms with Crippen molar-refractivity contribution in [3.63, 3.8) is 0 Å². The number of aromatic nitrogens is 1. The predicted octanol–water partition coefficient (Wildman–Crippen LogP) is 1.78. The summed E-state index contributed by atoms with van der Waals surface area (Å²) in [4.78, 5) is 20.1. The van der Waals surface area contributed by atoms with E-state index in [0.29, 0.717) is 26.2 Å². The van der Waals surface area contributed by atoms with Gasteiger partial charge in [-0.15, -0.1) is 17.9 Å². The first-order chi connectivity index (χ1) is 10.3. The Kier molecular flexibility index (Phi) is 6.35. The smallest absolute Gasteiger partial charge is 0.243 e. The Bertz CT molecular complexity index is 464. The van der Waals surface area contributed by atoms with Crippen LogP contribution >= 0.6 is 11.3 Å². The Morgan fingerprint density at radius 1 is 1.52 bits per heavy atom. The number of fused-ring (bicyclic) bond motifs is 1. The molecule has 21 heavy (non-hydrogen) atoms. The summed E-state index contributed by atoms with van der Waals surface area (Å²) in [5, 5.41) is 3.89. The summed E-state index contributed by atoms with van der Waals surface area (Å²) in [6, 6.07) is 0. The van der Waals surface area contributed by atoms with Crippen LogP contribution in [0.5, 0.6) is 0 Å². The number of carbonyl (C=O) groups excluding carboxylic acids is 1. The summed E-state index contributed by atoms with van der Waals surface area (Å²) in [5.74, 6) is 0.0251. The zero-order valence-corrected chi connectivity index (χ0v) is 13.4. The summed E-state index contributed by atoms with van der Waals surface area (Å²) in [7, 11) is 1.65. The fraction of sp³-hybridized carbons (Fsp3) is 0.600. The van der Waals surface area contributed by atoms with E-state index in [-0.39, 0.29) is 5.91 Å². The van der Waals surface area contributed by atoms with Crippen LogP contribution in [0.1, 0.15) is 23.4 Å². The molecule has 0 unspecified atom stereocenters. The zero-order valence-electron chi connectivity index (χ0n) is 12.6. The molecular weight excluding hydrogens is 286 g/mol. The van der Waals surface area contributed by atoms with Crippen LogP contribution in [0, 0.1) is 0 Å². The summed E-state index contributed by atoms with van der Waals surface area (Å²) in [6.07, 6.45) is 6.30. The van der Waals surface area contributed by atoms with Gasteiger partial charge in [-0.25, -0.2) is 4.98 Å². The van der Waals surface area contributed by atoms with E-state index in [4.69, 9.17) is 4.74 Å². The van der Waals surface area contributed by atoms with E-state index in [2.05, 4.69) is 16.9 Å². The van der Waals surface area contributed by atoms with Crippen LogP contribution in [0.4, 0.5) is 5.13 Å². The lowest BCUT2D eigenvalue weighted by atomic mass is 10.0. The average Bonchev–Trinajstić information content (AvgIpc) is 2.92. The lowest BCUT2D eigenvalue weighted by Gasteiger charge is -2.18. The topological polar surface area (TPSA) is 54.5 Å². The number of amides is 1. The molecule has 0 saturated carbocycles. The summed E-state index contributed by atoms with van der Waals surface area (Å²) >= 11 is 1.65. The summed E-state index contributed by atoms with van der Waals surface area (Å²) < 4.78 is 4.96. The molecule has 1 N–H and O–H groups in total. The van der Waals surface area contributed by atoms with Crippen molar-refractivity contribution >= 4 is 22.4 Å². The highest BCUT2D eigenvalue weighted by Gasteiger charge is 2.21. The maximum Gasteiger partial charge on any atom is 0.243 e. The van der Waals surface area contributed by atoms with E-state index in [1.165, 1.54) is 23.4 Å². The van der Waals surface area contributed by atoms with Crippen LogP contribution < -0.4 is 10.2 Å². The van der Waals surface area contributed by atoms with Crippen LogP contribution in [-0.4, -0.2) is 44.2 Å². The van der Waals surface area contributed by atoms with Crippen LogP contribution in [-0.2, 0) is 22.4 Å². The number of thiazole rings is 1. The number of hydrogen-bond donors (Lipinski definition) is 1. The zero-order chi connectivity index (χ0) is 15.1. The minimum Gasteiger partial charge on any atom is -0.383 e. The van der Waals surface area contributed by atoms with E-state index >= 15 is 0 Å². The number of nitrogens with zero attached hydrogens (tertiary/aromatic N) is 2. The van der Waals surface area contributed by atoms with Gasteiger partial charge in [0.2, 0.25) is 5.91 Å². The average molecular weight is 309 g/mol. The molecule has 2 rings (SSSR count). The summed E-state index contributed by atoms with van der Waals surface area (Å²) in [5.41, 5.74) is 1.18. The van der Waals surface area contributed by atoms with Crippen molar-refractivity contribution in [2.45, 2.75) is 25.7 Å². The fourth-order valence-corrected chi connectivity index (χ4v) is 3.51. The van der Waals surface area contributed by atoms with Gasteiger partial charge >= 0.3 is 0 Å². The SMILES string of the molecule is C=CCN(C(=O)CNCCOC)c1nc2c(s1)CCCC2. The maximum atomic E-state index is 12.4. The first-order valence-electron chi connectivity index (χ1n) is 7.35. The molecule has 1 aliphatic carbocycles. The van der Waals surface area contributed by atoms with Gasteiger partial charge in [-0.05, 0) is 25.7 Å². The number of hydrogen-bond acceptors (Lipinski definition) is 5. The van der Waals surface area contributed by atoms with Gasteiger partial charge in [0, 0.05) is 25.1 Å². The van der Waals surface area contributed by atoms with Gasteiger partial charge < -0.3 is 10.1 Å². The van der Waals surface area contributed by atoms with Crippen LogP contribution in [0.15, 0.2) is 12.7 Å². The fourth-order valence-electron chi connectivity index (χ4n) is 2.33. The van der Waals surface area contributed by atoms with Crippen molar-refractivity contribution in [3.05, 3.63) is 23.2 Å². The number of aryl methyl sites for hydroxylation is 2. The molecule has 0 spiro atoms. The van der Waals surface area contributed by atoms with Gasteiger partial charge in [0.05, 0.1) is 18.8 Å². The molecule has 116 valence electrons. The lowest BCUT2D eigenvalue weighted by molar-refractivity contribution is -0.117. The number of nitrogens with one attached hydrogen (secondary N) is 1. The third-order valence-electron chi connectivity index (χ3n) is 3.44. The molecule has 1 heterocycles. The molecule has 0 aromatic carbocycles. The van der Waals surface area contributed by atoms with Gasteiger partial charge in [0.25, 0.3) is 0 Å². The van der Waals surface area contributed by atoms with E-state index < -0.39 is 0 Å². The molecule has 0 saturated heterocycles. The van der Waals surface area contributed by atoms with E-state index in [0.717, 1.165) is 18.0 Å². The maximum absolute atomic E-state index is 12.4. The number of anilines is 1. The van der Waals surface area contributed by atoms with Crippen LogP contribution in [0.2, 0.25) is 0 Å². The second-order valence-corrected chi connectivity index (χ2v) is 6.10. The Morgan fingerprint density at radius 3 is 3.05 bits per heavy atom. The van der Waals surface area contributed by atoms with Crippen LogP contribution in [0.3, 0.4) is 0 Å². The number of ether oxygens (including phenoxy) is 1. The van der Waals surface area contributed by atoms with Crippen molar-refractivity contribution in [1.29, 1.82) is 0 Å². The van der Waals surface area contributed by atoms with Crippen LogP contribution in [0.25, 0.3) is 0 Å². The van der Waals surface area contributed by atoms with E-state index in [9.17, 15) is 4.79 Å². The molecule has 5 nitrogen and oxygen atoms in total. The molecule has 0 aliphatic heterocycles. The second kappa shape index (κ2) is 8.26. The second-order valence-electron chi connectivity index (χ2n) is 5.04. The molecule has 0 fully saturated rings. The first kappa shape index (κ1) is 16.1. The third kappa shape index (κ3) is 4.36. The highest BCUT2D eigenvalue weighted by Crippen LogP contribution is 2.31. The highest BCUT2D eigenvalue weighted by molar-refractivity contribution is 7.16. The third-order valence-corrected chi connectivity index (χ3v) is 4.62. The van der Waals surface area contributed by atoms with Gasteiger partial charge in [0.1, 0.15) is 0 Å². The van der Waals surface area contributed by atoms with Crippen molar-refractivity contribution < 1.29 is 9.53 Å². The number of rotatable bonds is 8. The molecule has 1 aliphatic rings. The van der Waals surface area contributed by atoms with Gasteiger partial charge in [-0.1, -0.05) is 6.08 Å². The minimum absolute atomic E-state index is 0.0251. The van der Waals surface area contributed by atoms with Gasteiger partial charge in [0.15, 0.2) is 5.13 Å². The normalized spacial score (nSPS) is 13.8. The lowest BCUT2D eigenvalue weighted by Crippen LogP contribution is -2.39. The van der Waals surface area contributed by atoms with Crippen molar-refractivity contribution in [1.82, 2.24) is 10.3 Å². The monoisotopic (exact) mass is 309 g/mol. The number of carbonyl (C=O) groups is 1. The van der Waals surface area contributed by atoms with Crippen molar-refractivity contribution in [3.8, 4) is 0 Å². The Balaban J connectivity index is 2.01. The Hall–Kier alpha value is -1.24. The molecule has 0 radical (unpaired) electrons. The van der Waals surface area contributed by atoms with E-state index in [1.54, 1.807) is 29.4 Å². The number of methoxy groups -OCH3 is 1. The van der Waals surface area contributed by atoms with E-state index in [1.807, 2.05) is 0 Å². The minimum atomic E-state index is 0.0251.